The molecular weight excluding hydrogens is 224 g/mol. The van der Waals surface area contributed by atoms with Crippen LogP contribution in [0.15, 0.2) is 24.3 Å². The molecule has 18 heavy (non-hydrogen) atoms. The van der Waals surface area contributed by atoms with Gasteiger partial charge in [-0.3, -0.25) is 0 Å². The number of fused-ring (bicyclic) bond motifs is 1. The lowest BCUT2D eigenvalue weighted by atomic mass is 9.99. The number of ether oxygens (including phenoxy) is 1. The maximum absolute atomic E-state index is 5.57. The maximum Gasteiger partial charge on any atom is 0.0671 e. The first-order chi connectivity index (χ1) is 8.81. The van der Waals surface area contributed by atoms with Gasteiger partial charge in [-0.15, -0.1) is 0 Å². The van der Waals surface area contributed by atoms with E-state index in [-0.39, 0.29) is 6.10 Å². The van der Waals surface area contributed by atoms with E-state index in [2.05, 4.69) is 41.8 Å². The van der Waals surface area contributed by atoms with Gasteiger partial charge in [0, 0.05) is 25.7 Å². The van der Waals surface area contributed by atoms with E-state index in [1.807, 2.05) is 6.92 Å². The number of hydrogen-bond acceptors (Lipinski definition) is 3. The lowest BCUT2D eigenvalue weighted by Gasteiger charge is -2.21. The van der Waals surface area contributed by atoms with E-state index in [9.17, 15) is 0 Å². The molecule has 0 amide bonds. The molecule has 1 aliphatic rings. The van der Waals surface area contributed by atoms with Crippen molar-refractivity contribution < 1.29 is 4.74 Å². The van der Waals surface area contributed by atoms with Gasteiger partial charge in [-0.05, 0) is 37.9 Å². The fourth-order valence-electron chi connectivity index (χ4n) is 2.52. The highest BCUT2D eigenvalue weighted by molar-refractivity contribution is 5.30. The van der Waals surface area contributed by atoms with Crippen molar-refractivity contribution in [2.75, 3.05) is 19.7 Å². The van der Waals surface area contributed by atoms with Crippen molar-refractivity contribution in [1.29, 1.82) is 0 Å². The van der Waals surface area contributed by atoms with Gasteiger partial charge in [0.15, 0.2) is 0 Å². The first-order valence-electron chi connectivity index (χ1n) is 6.94. The van der Waals surface area contributed by atoms with Crippen molar-refractivity contribution in [2.24, 2.45) is 0 Å². The van der Waals surface area contributed by atoms with E-state index in [1.54, 1.807) is 0 Å². The van der Waals surface area contributed by atoms with E-state index >= 15 is 0 Å². The van der Waals surface area contributed by atoms with Crippen LogP contribution in [0.1, 0.15) is 37.4 Å². The third-order valence-electron chi connectivity index (χ3n) is 3.46. The molecule has 0 fully saturated rings. The van der Waals surface area contributed by atoms with Crippen LogP contribution < -0.4 is 10.6 Å². The first kappa shape index (κ1) is 13.5. The van der Waals surface area contributed by atoms with Gasteiger partial charge < -0.3 is 15.4 Å². The second-order valence-electron chi connectivity index (χ2n) is 4.89. The van der Waals surface area contributed by atoms with E-state index in [0.29, 0.717) is 6.04 Å². The lowest BCUT2D eigenvalue weighted by molar-refractivity contribution is 0.0737. The van der Waals surface area contributed by atoms with Crippen LogP contribution in [0.25, 0.3) is 0 Å². The molecule has 1 aromatic carbocycles. The fraction of sp³-hybridized carbons (Fsp3) is 0.600. The third-order valence-corrected chi connectivity index (χ3v) is 3.46. The minimum Gasteiger partial charge on any atom is -0.377 e. The topological polar surface area (TPSA) is 33.3 Å². The molecule has 1 heterocycles. The van der Waals surface area contributed by atoms with Crippen LogP contribution in [0, 0.1) is 0 Å². The molecule has 2 atom stereocenters. The molecule has 0 spiro atoms. The highest BCUT2D eigenvalue weighted by atomic mass is 16.5. The van der Waals surface area contributed by atoms with Crippen LogP contribution in [0.4, 0.5) is 0 Å². The number of nitrogens with one attached hydrogen (secondary N) is 2. The van der Waals surface area contributed by atoms with Crippen molar-refractivity contribution in [1.82, 2.24) is 10.6 Å². The molecule has 2 unspecified atom stereocenters. The monoisotopic (exact) mass is 248 g/mol. The molecule has 0 saturated heterocycles. The number of benzene rings is 1. The Balaban J connectivity index is 1.99. The van der Waals surface area contributed by atoms with Crippen molar-refractivity contribution in [2.45, 2.75) is 39.0 Å². The van der Waals surface area contributed by atoms with Gasteiger partial charge in [-0.1, -0.05) is 24.3 Å². The third kappa shape index (κ3) is 3.55. The molecule has 0 bridgehead atoms. The van der Waals surface area contributed by atoms with Gasteiger partial charge in [0.1, 0.15) is 0 Å². The molecule has 100 valence electrons. The van der Waals surface area contributed by atoms with Crippen LogP contribution >= 0.6 is 0 Å². The fourth-order valence-corrected chi connectivity index (χ4v) is 2.52. The summed E-state index contributed by atoms with van der Waals surface area (Å²) < 4.78 is 5.57. The summed E-state index contributed by atoms with van der Waals surface area (Å²) in [4.78, 5) is 0. The Morgan fingerprint density at radius 3 is 3.11 bits per heavy atom. The SMILES string of the molecule is CCOC(C)CNC1CCNCc2ccccc21. The highest BCUT2D eigenvalue weighted by Gasteiger charge is 2.17. The predicted molar refractivity (Wildman–Crippen MR) is 74.6 cm³/mol. The number of hydrogen-bond donors (Lipinski definition) is 2. The molecular formula is C15H24N2O. The Hall–Kier alpha value is -0.900. The van der Waals surface area contributed by atoms with E-state index in [0.717, 1.165) is 32.7 Å². The minimum atomic E-state index is 0.276. The zero-order chi connectivity index (χ0) is 12.8. The lowest BCUT2D eigenvalue weighted by Crippen LogP contribution is -2.31. The standard InChI is InChI=1S/C15H24N2O/c1-3-18-12(2)10-17-15-8-9-16-11-13-6-4-5-7-14(13)15/h4-7,12,15-17H,3,8-11H2,1-2H3. The van der Waals surface area contributed by atoms with Gasteiger partial charge in [0.2, 0.25) is 0 Å². The molecule has 0 saturated carbocycles. The molecule has 0 aromatic heterocycles. The van der Waals surface area contributed by atoms with E-state index < -0.39 is 0 Å². The second-order valence-corrected chi connectivity index (χ2v) is 4.89. The predicted octanol–water partition coefficient (Wildman–Crippen LogP) is 2.24. The quantitative estimate of drug-likeness (QED) is 0.838. The summed E-state index contributed by atoms with van der Waals surface area (Å²) in [7, 11) is 0. The minimum absolute atomic E-state index is 0.276. The first-order valence-corrected chi connectivity index (χ1v) is 6.94. The average Bonchev–Trinajstić information content (AvgIpc) is 2.59. The zero-order valence-corrected chi connectivity index (χ0v) is 11.4. The van der Waals surface area contributed by atoms with Crippen molar-refractivity contribution in [3.05, 3.63) is 35.4 Å². The summed E-state index contributed by atoms with van der Waals surface area (Å²) >= 11 is 0. The summed E-state index contributed by atoms with van der Waals surface area (Å²) in [6.07, 6.45) is 1.41. The Morgan fingerprint density at radius 2 is 2.28 bits per heavy atom. The smallest absolute Gasteiger partial charge is 0.0671 e. The molecule has 3 nitrogen and oxygen atoms in total. The molecule has 0 aliphatic carbocycles. The Kier molecular flexibility index (Phi) is 5.17. The molecule has 1 aromatic rings. The largest absolute Gasteiger partial charge is 0.377 e. The van der Waals surface area contributed by atoms with Gasteiger partial charge >= 0.3 is 0 Å². The maximum atomic E-state index is 5.57. The van der Waals surface area contributed by atoms with Crippen molar-refractivity contribution in [3.8, 4) is 0 Å². The molecule has 1 aliphatic heterocycles. The molecule has 3 heteroatoms. The van der Waals surface area contributed by atoms with E-state index in [1.165, 1.54) is 11.1 Å². The summed E-state index contributed by atoms with van der Waals surface area (Å²) in [5, 5.41) is 7.11. The van der Waals surface area contributed by atoms with Crippen LogP contribution in [-0.2, 0) is 11.3 Å². The van der Waals surface area contributed by atoms with Crippen LogP contribution in [-0.4, -0.2) is 25.8 Å². The normalized spacial score (nSPS) is 21.1. The Labute approximate surface area is 110 Å². The summed E-state index contributed by atoms with van der Waals surface area (Å²) in [6.45, 7) is 7.90. The summed E-state index contributed by atoms with van der Waals surface area (Å²) in [5.41, 5.74) is 2.85. The Morgan fingerprint density at radius 1 is 1.44 bits per heavy atom. The van der Waals surface area contributed by atoms with Gasteiger partial charge in [-0.25, -0.2) is 0 Å². The van der Waals surface area contributed by atoms with E-state index in [4.69, 9.17) is 4.74 Å². The van der Waals surface area contributed by atoms with Gasteiger partial charge in [0.25, 0.3) is 0 Å². The van der Waals surface area contributed by atoms with Crippen LogP contribution in [0.5, 0.6) is 0 Å². The van der Waals surface area contributed by atoms with Crippen LogP contribution in [0.3, 0.4) is 0 Å². The summed E-state index contributed by atoms with van der Waals surface area (Å²) in [5.74, 6) is 0. The summed E-state index contributed by atoms with van der Waals surface area (Å²) in [6, 6.07) is 9.15. The molecule has 2 rings (SSSR count). The van der Waals surface area contributed by atoms with Crippen LogP contribution in [0.2, 0.25) is 0 Å². The second kappa shape index (κ2) is 6.88. The molecule has 0 radical (unpaired) electrons. The van der Waals surface area contributed by atoms with Crippen molar-refractivity contribution in [3.63, 3.8) is 0 Å². The zero-order valence-electron chi connectivity index (χ0n) is 11.4. The van der Waals surface area contributed by atoms with Crippen molar-refractivity contribution >= 4 is 0 Å². The highest BCUT2D eigenvalue weighted by Crippen LogP contribution is 2.23. The average molecular weight is 248 g/mol. The Bertz CT molecular complexity index is 367. The molecule has 2 N–H and O–H groups in total. The van der Waals surface area contributed by atoms with Gasteiger partial charge in [0.05, 0.1) is 6.10 Å². The van der Waals surface area contributed by atoms with Gasteiger partial charge in [-0.2, -0.15) is 0 Å². The number of rotatable bonds is 5.